The number of carbonyl (C=O) groups is 1. The molecule has 0 aliphatic carbocycles. The lowest BCUT2D eigenvalue weighted by Crippen LogP contribution is -2.45. The average Bonchev–Trinajstić information content (AvgIpc) is 3.16. The first-order valence-corrected chi connectivity index (χ1v) is 10.1. The molecule has 1 amide bonds. The second-order valence-corrected chi connectivity index (χ2v) is 7.46. The van der Waals surface area contributed by atoms with Crippen LogP contribution in [-0.4, -0.2) is 44.5 Å². The summed E-state index contributed by atoms with van der Waals surface area (Å²) in [5.41, 5.74) is 2.15. The van der Waals surface area contributed by atoms with Gasteiger partial charge in [-0.2, -0.15) is 0 Å². The Kier molecular flexibility index (Phi) is 5.60. The molecule has 1 aliphatic rings. The summed E-state index contributed by atoms with van der Waals surface area (Å²) in [5, 5.41) is 0. The van der Waals surface area contributed by atoms with Gasteiger partial charge in [-0.25, -0.2) is 4.98 Å². The van der Waals surface area contributed by atoms with Gasteiger partial charge in [0.1, 0.15) is 11.6 Å². The van der Waals surface area contributed by atoms with E-state index in [2.05, 4.69) is 21.5 Å². The van der Waals surface area contributed by atoms with Crippen LogP contribution in [0, 0.1) is 6.92 Å². The molecule has 150 valence electrons. The number of nitrogens with zero attached hydrogens (tertiary/aromatic N) is 4. The molecule has 6 heteroatoms. The van der Waals surface area contributed by atoms with Crippen LogP contribution in [0.2, 0.25) is 0 Å². The average molecular weight is 390 g/mol. The third kappa shape index (κ3) is 4.16. The lowest BCUT2D eigenvalue weighted by molar-refractivity contribution is -0.139. The van der Waals surface area contributed by atoms with E-state index < -0.39 is 6.10 Å². The second kappa shape index (κ2) is 8.47. The van der Waals surface area contributed by atoms with Gasteiger partial charge in [0.25, 0.3) is 5.91 Å². The number of hydrogen-bond donors (Lipinski definition) is 0. The summed E-state index contributed by atoms with van der Waals surface area (Å²) in [6.45, 7) is 5.34. The predicted octanol–water partition coefficient (Wildman–Crippen LogP) is 3.88. The van der Waals surface area contributed by atoms with E-state index in [1.165, 1.54) is 0 Å². The van der Waals surface area contributed by atoms with Crippen LogP contribution in [0.25, 0.3) is 11.4 Å². The molecule has 1 aliphatic heterocycles. The maximum atomic E-state index is 12.8. The van der Waals surface area contributed by atoms with E-state index >= 15 is 0 Å². The van der Waals surface area contributed by atoms with Crippen LogP contribution in [0.5, 0.6) is 5.75 Å². The van der Waals surface area contributed by atoms with Gasteiger partial charge < -0.3 is 14.2 Å². The minimum Gasteiger partial charge on any atom is -0.481 e. The number of hydrogen-bond acceptors (Lipinski definition) is 4. The minimum atomic E-state index is -0.491. The molecule has 3 heterocycles. The lowest BCUT2D eigenvalue weighted by atomic mass is 10.0. The van der Waals surface area contributed by atoms with Crippen molar-refractivity contribution in [2.45, 2.75) is 38.8 Å². The number of aryl methyl sites for hydroxylation is 1. The van der Waals surface area contributed by atoms with Crippen LogP contribution >= 0.6 is 0 Å². The van der Waals surface area contributed by atoms with Crippen molar-refractivity contribution in [1.82, 2.24) is 19.4 Å². The third-order valence-electron chi connectivity index (χ3n) is 5.45. The molecule has 0 bridgehead atoms. The molecule has 6 nitrogen and oxygen atoms in total. The summed E-state index contributed by atoms with van der Waals surface area (Å²) in [6.07, 6.45) is 6.83. The molecule has 0 N–H and O–H groups in total. The van der Waals surface area contributed by atoms with Crippen molar-refractivity contribution < 1.29 is 9.53 Å². The maximum Gasteiger partial charge on any atom is 0.263 e. The number of para-hydroxylation sites is 1. The normalized spacial score (nSPS) is 15.9. The van der Waals surface area contributed by atoms with Gasteiger partial charge in [0.15, 0.2) is 6.10 Å². The Hall–Kier alpha value is -3.15. The van der Waals surface area contributed by atoms with Gasteiger partial charge in [-0.3, -0.25) is 9.78 Å². The van der Waals surface area contributed by atoms with E-state index in [1.54, 1.807) is 6.20 Å². The molecule has 2 aromatic heterocycles. The monoisotopic (exact) mass is 390 g/mol. The largest absolute Gasteiger partial charge is 0.481 e. The van der Waals surface area contributed by atoms with Gasteiger partial charge in [-0.1, -0.05) is 18.2 Å². The Morgan fingerprint density at radius 1 is 1.10 bits per heavy atom. The Labute approximate surface area is 171 Å². The van der Waals surface area contributed by atoms with E-state index in [-0.39, 0.29) is 5.91 Å². The van der Waals surface area contributed by atoms with E-state index in [4.69, 9.17) is 4.74 Å². The topological polar surface area (TPSA) is 60.2 Å². The van der Waals surface area contributed by atoms with Crippen molar-refractivity contribution in [3.05, 3.63) is 66.7 Å². The first-order chi connectivity index (χ1) is 14.1. The van der Waals surface area contributed by atoms with Crippen molar-refractivity contribution >= 4 is 5.91 Å². The number of ether oxygens (including phenoxy) is 1. The molecule has 4 rings (SSSR count). The maximum absolute atomic E-state index is 12.8. The highest BCUT2D eigenvalue weighted by molar-refractivity contribution is 5.81. The minimum absolute atomic E-state index is 0.0436. The molecule has 0 radical (unpaired) electrons. The Morgan fingerprint density at radius 2 is 1.86 bits per heavy atom. The molecule has 0 spiro atoms. The van der Waals surface area contributed by atoms with Crippen LogP contribution in [0.1, 0.15) is 31.5 Å². The molecule has 0 saturated carbocycles. The zero-order valence-corrected chi connectivity index (χ0v) is 16.9. The SMILES string of the molecule is Cc1cnc(-c2cccnc2)n1C1CCN(C(=O)C(C)Oc2ccccc2)CC1. The van der Waals surface area contributed by atoms with Crippen molar-refractivity contribution in [2.24, 2.45) is 0 Å². The number of rotatable bonds is 5. The van der Waals surface area contributed by atoms with Crippen molar-refractivity contribution in [1.29, 1.82) is 0 Å². The highest BCUT2D eigenvalue weighted by atomic mass is 16.5. The summed E-state index contributed by atoms with van der Waals surface area (Å²) >= 11 is 0. The third-order valence-corrected chi connectivity index (χ3v) is 5.45. The highest BCUT2D eigenvalue weighted by Gasteiger charge is 2.29. The van der Waals surface area contributed by atoms with Gasteiger partial charge in [0, 0.05) is 49.0 Å². The second-order valence-electron chi connectivity index (χ2n) is 7.46. The Bertz CT molecular complexity index is 948. The van der Waals surface area contributed by atoms with Crippen molar-refractivity contribution in [3.63, 3.8) is 0 Å². The van der Waals surface area contributed by atoms with E-state index in [1.807, 2.05) is 66.7 Å². The Morgan fingerprint density at radius 3 is 2.55 bits per heavy atom. The summed E-state index contributed by atoms with van der Waals surface area (Å²) in [5.74, 6) is 1.71. The summed E-state index contributed by atoms with van der Waals surface area (Å²) in [6, 6.07) is 13.8. The van der Waals surface area contributed by atoms with Gasteiger partial charge in [-0.05, 0) is 51.0 Å². The number of benzene rings is 1. The van der Waals surface area contributed by atoms with Gasteiger partial charge in [0.05, 0.1) is 0 Å². The molecule has 1 aromatic carbocycles. The van der Waals surface area contributed by atoms with Crippen LogP contribution < -0.4 is 4.74 Å². The molecular formula is C23H26N4O2. The van der Waals surface area contributed by atoms with E-state index in [0.29, 0.717) is 6.04 Å². The van der Waals surface area contributed by atoms with Crippen LogP contribution in [0.3, 0.4) is 0 Å². The van der Waals surface area contributed by atoms with Gasteiger partial charge in [-0.15, -0.1) is 0 Å². The number of carbonyl (C=O) groups excluding carboxylic acids is 1. The number of amides is 1. The molecular weight excluding hydrogens is 364 g/mol. The molecule has 1 unspecified atom stereocenters. The van der Waals surface area contributed by atoms with Crippen molar-refractivity contribution in [2.75, 3.05) is 13.1 Å². The van der Waals surface area contributed by atoms with E-state index in [9.17, 15) is 4.79 Å². The van der Waals surface area contributed by atoms with E-state index in [0.717, 1.165) is 48.8 Å². The first-order valence-electron chi connectivity index (χ1n) is 10.1. The summed E-state index contributed by atoms with van der Waals surface area (Å²) < 4.78 is 8.11. The Balaban J connectivity index is 1.41. The molecule has 29 heavy (non-hydrogen) atoms. The van der Waals surface area contributed by atoms with Crippen molar-refractivity contribution in [3.8, 4) is 17.1 Å². The number of likely N-dealkylation sites (tertiary alicyclic amines) is 1. The smallest absolute Gasteiger partial charge is 0.263 e. The summed E-state index contributed by atoms with van der Waals surface area (Å²) in [4.78, 5) is 23.6. The van der Waals surface area contributed by atoms with Gasteiger partial charge in [0.2, 0.25) is 0 Å². The predicted molar refractivity (Wildman–Crippen MR) is 112 cm³/mol. The standard InChI is InChI=1S/C23H26N4O2/c1-17-15-25-22(19-7-6-12-24-16-19)27(17)20-10-13-26(14-11-20)23(28)18(2)29-21-8-4-3-5-9-21/h3-9,12,15-16,18,20H,10-11,13-14H2,1-2H3. The number of aromatic nitrogens is 3. The van der Waals surface area contributed by atoms with Gasteiger partial charge >= 0.3 is 0 Å². The molecule has 1 fully saturated rings. The first kappa shape index (κ1) is 19.2. The zero-order chi connectivity index (χ0) is 20.2. The highest BCUT2D eigenvalue weighted by Crippen LogP contribution is 2.30. The molecule has 1 saturated heterocycles. The molecule has 3 aromatic rings. The fourth-order valence-corrected chi connectivity index (χ4v) is 3.97. The van der Waals surface area contributed by atoms with Crippen LogP contribution in [0.4, 0.5) is 0 Å². The van der Waals surface area contributed by atoms with Crippen LogP contribution in [-0.2, 0) is 4.79 Å². The fraction of sp³-hybridized carbons (Fsp3) is 0.348. The number of piperidine rings is 1. The summed E-state index contributed by atoms with van der Waals surface area (Å²) in [7, 11) is 0. The molecule has 1 atom stereocenters. The number of pyridine rings is 1. The fourth-order valence-electron chi connectivity index (χ4n) is 3.97. The van der Waals surface area contributed by atoms with Crippen LogP contribution in [0.15, 0.2) is 61.1 Å². The number of imidazole rings is 1. The lowest BCUT2D eigenvalue weighted by Gasteiger charge is -2.35. The quantitative estimate of drug-likeness (QED) is 0.663. The zero-order valence-electron chi connectivity index (χ0n) is 16.9.